The molecule has 0 amide bonds. The van der Waals surface area contributed by atoms with Crippen LogP contribution in [0.2, 0.25) is 0 Å². The first-order chi connectivity index (χ1) is 9.06. The molecule has 4 nitrogen and oxygen atoms in total. The Labute approximate surface area is 126 Å². The molecule has 1 heterocycles. The number of benzene rings is 1. The summed E-state index contributed by atoms with van der Waals surface area (Å²) in [7, 11) is 0. The largest absolute Gasteiger partial charge is 0.389 e. The van der Waals surface area contributed by atoms with E-state index < -0.39 is 0 Å². The van der Waals surface area contributed by atoms with Gasteiger partial charge in [-0.1, -0.05) is 28.1 Å². The van der Waals surface area contributed by atoms with E-state index in [2.05, 4.69) is 33.3 Å². The average Bonchev–Trinajstić information content (AvgIpc) is 2.81. The van der Waals surface area contributed by atoms with Crippen LogP contribution < -0.4 is 11.1 Å². The van der Waals surface area contributed by atoms with Crippen molar-refractivity contribution in [3.8, 4) is 0 Å². The molecule has 6 heteroatoms. The molecule has 0 spiro atoms. The number of halogens is 1. The third-order valence-corrected chi connectivity index (χ3v) is 3.38. The first-order valence-electron chi connectivity index (χ1n) is 5.89. The van der Waals surface area contributed by atoms with Crippen LogP contribution in [0.1, 0.15) is 12.5 Å². The van der Waals surface area contributed by atoms with Gasteiger partial charge in [-0.2, -0.15) is 5.10 Å². The van der Waals surface area contributed by atoms with Crippen molar-refractivity contribution >= 4 is 38.8 Å². The number of hydrogen-bond acceptors (Lipinski definition) is 3. The number of thiocarbonyl (C=S) groups is 1. The second kappa shape index (κ2) is 6.16. The molecule has 1 aromatic carbocycles. The molecule has 0 aliphatic heterocycles. The molecule has 0 fully saturated rings. The van der Waals surface area contributed by atoms with Crippen molar-refractivity contribution in [2.45, 2.75) is 19.5 Å². The van der Waals surface area contributed by atoms with Gasteiger partial charge in [-0.05, 0) is 31.2 Å². The highest BCUT2D eigenvalue weighted by Gasteiger charge is 2.09. The summed E-state index contributed by atoms with van der Waals surface area (Å²) in [6, 6.07) is 7.94. The van der Waals surface area contributed by atoms with Crippen molar-refractivity contribution < 1.29 is 0 Å². The minimum absolute atomic E-state index is 0.210. The highest BCUT2D eigenvalue weighted by Crippen LogP contribution is 2.22. The van der Waals surface area contributed by atoms with Crippen LogP contribution in [-0.4, -0.2) is 20.8 Å². The van der Waals surface area contributed by atoms with Crippen LogP contribution in [0, 0.1) is 0 Å². The molecular weight excluding hydrogens is 324 g/mol. The van der Waals surface area contributed by atoms with Gasteiger partial charge in [0, 0.05) is 34.2 Å². The Morgan fingerprint density at radius 2 is 2.37 bits per heavy atom. The molecule has 0 aliphatic carbocycles. The Balaban J connectivity index is 2.13. The topological polar surface area (TPSA) is 55.9 Å². The Hall–Kier alpha value is -1.40. The zero-order chi connectivity index (χ0) is 13.8. The maximum atomic E-state index is 5.73. The lowest BCUT2D eigenvalue weighted by molar-refractivity contribution is 0.561. The van der Waals surface area contributed by atoms with Crippen molar-refractivity contribution in [2.75, 3.05) is 5.32 Å². The normalized spacial score (nSPS) is 12.1. The maximum absolute atomic E-state index is 5.73. The number of hydrogen-bond donors (Lipinski definition) is 2. The van der Waals surface area contributed by atoms with E-state index in [1.807, 2.05) is 35.1 Å². The molecule has 0 bridgehead atoms. The quantitative estimate of drug-likeness (QED) is 0.823. The number of aromatic nitrogens is 2. The van der Waals surface area contributed by atoms with Crippen LogP contribution in [0.5, 0.6) is 0 Å². The van der Waals surface area contributed by atoms with Gasteiger partial charge < -0.3 is 11.1 Å². The predicted molar refractivity (Wildman–Crippen MR) is 85.3 cm³/mol. The first-order valence-corrected chi connectivity index (χ1v) is 7.09. The molecule has 0 aliphatic rings. The van der Waals surface area contributed by atoms with Gasteiger partial charge >= 0.3 is 0 Å². The number of nitrogens with two attached hydrogens (primary N) is 1. The van der Waals surface area contributed by atoms with Crippen molar-refractivity contribution in [1.82, 2.24) is 9.78 Å². The molecular formula is C13H15BrN4S. The molecule has 1 atom stereocenters. The third kappa shape index (κ3) is 3.78. The van der Waals surface area contributed by atoms with Crippen molar-refractivity contribution in [3.05, 3.63) is 46.7 Å². The van der Waals surface area contributed by atoms with Crippen LogP contribution in [0.3, 0.4) is 0 Å². The smallest absolute Gasteiger partial charge is 0.106 e. The van der Waals surface area contributed by atoms with E-state index >= 15 is 0 Å². The number of nitrogens with zero attached hydrogens (tertiary/aromatic N) is 2. The van der Waals surface area contributed by atoms with Gasteiger partial charge in [0.1, 0.15) is 4.99 Å². The molecule has 1 unspecified atom stereocenters. The lowest BCUT2D eigenvalue weighted by Crippen LogP contribution is -2.24. The van der Waals surface area contributed by atoms with Crippen LogP contribution in [0.15, 0.2) is 41.1 Å². The van der Waals surface area contributed by atoms with Crippen molar-refractivity contribution in [2.24, 2.45) is 5.73 Å². The summed E-state index contributed by atoms with van der Waals surface area (Å²) < 4.78 is 2.87. The molecule has 0 saturated carbocycles. The van der Waals surface area contributed by atoms with Gasteiger partial charge in [-0.3, -0.25) is 4.68 Å². The van der Waals surface area contributed by atoms with E-state index in [1.165, 1.54) is 0 Å². The monoisotopic (exact) mass is 338 g/mol. The number of rotatable bonds is 5. The van der Waals surface area contributed by atoms with Gasteiger partial charge in [-0.15, -0.1) is 0 Å². The fraction of sp³-hybridized carbons (Fsp3) is 0.231. The van der Waals surface area contributed by atoms with Gasteiger partial charge in [0.05, 0.1) is 6.54 Å². The minimum atomic E-state index is 0.210. The second-order valence-corrected chi connectivity index (χ2v) is 5.68. The molecule has 1 aromatic heterocycles. The van der Waals surface area contributed by atoms with Gasteiger partial charge in [-0.25, -0.2) is 0 Å². The lowest BCUT2D eigenvalue weighted by Gasteiger charge is -2.18. The van der Waals surface area contributed by atoms with Crippen LogP contribution in [-0.2, 0) is 6.54 Å². The summed E-state index contributed by atoms with van der Waals surface area (Å²) in [6.07, 6.45) is 3.71. The molecule has 3 N–H and O–H groups in total. The zero-order valence-electron chi connectivity index (χ0n) is 10.5. The van der Waals surface area contributed by atoms with E-state index in [0.29, 0.717) is 4.99 Å². The number of nitrogens with one attached hydrogen (secondary N) is 1. The number of anilines is 1. The van der Waals surface area contributed by atoms with E-state index in [-0.39, 0.29) is 6.04 Å². The van der Waals surface area contributed by atoms with E-state index in [0.717, 1.165) is 22.3 Å². The SMILES string of the molecule is CC(Cn1cccn1)Nc1cc(Br)ccc1C(N)=S. The predicted octanol–water partition coefficient (Wildman–Crippen LogP) is 2.78. The van der Waals surface area contributed by atoms with E-state index in [1.54, 1.807) is 6.20 Å². The molecule has 2 rings (SSSR count). The highest BCUT2D eigenvalue weighted by molar-refractivity contribution is 9.10. The standard InChI is InChI=1S/C13H15BrN4S/c1-9(8-18-6-2-5-16-18)17-12-7-10(14)3-4-11(12)13(15)19/h2-7,9,17H,8H2,1H3,(H2,15,19). The molecule has 0 radical (unpaired) electrons. The summed E-state index contributed by atoms with van der Waals surface area (Å²) >= 11 is 8.52. The average molecular weight is 339 g/mol. The fourth-order valence-electron chi connectivity index (χ4n) is 1.85. The molecule has 2 aromatic rings. The van der Waals surface area contributed by atoms with E-state index in [9.17, 15) is 0 Å². The second-order valence-electron chi connectivity index (χ2n) is 4.33. The molecule has 0 saturated heterocycles. The van der Waals surface area contributed by atoms with Crippen LogP contribution >= 0.6 is 28.1 Å². The van der Waals surface area contributed by atoms with Crippen molar-refractivity contribution in [1.29, 1.82) is 0 Å². The van der Waals surface area contributed by atoms with Crippen LogP contribution in [0.4, 0.5) is 5.69 Å². The minimum Gasteiger partial charge on any atom is -0.389 e. The molecule has 19 heavy (non-hydrogen) atoms. The Morgan fingerprint density at radius 1 is 1.58 bits per heavy atom. The summed E-state index contributed by atoms with van der Waals surface area (Å²) in [6.45, 7) is 2.86. The first kappa shape index (κ1) is 14.0. The summed E-state index contributed by atoms with van der Waals surface area (Å²) in [5, 5.41) is 7.60. The third-order valence-electron chi connectivity index (χ3n) is 2.67. The lowest BCUT2D eigenvalue weighted by atomic mass is 10.1. The zero-order valence-corrected chi connectivity index (χ0v) is 12.9. The summed E-state index contributed by atoms with van der Waals surface area (Å²) in [5.41, 5.74) is 7.52. The van der Waals surface area contributed by atoms with Crippen molar-refractivity contribution in [3.63, 3.8) is 0 Å². The summed E-state index contributed by atoms with van der Waals surface area (Å²) in [4.78, 5) is 0.390. The van der Waals surface area contributed by atoms with E-state index in [4.69, 9.17) is 18.0 Å². The van der Waals surface area contributed by atoms with Gasteiger partial charge in [0.2, 0.25) is 0 Å². The summed E-state index contributed by atoms with van der Waals surface area (Å²) in [5.74, 6) is 0. The van der Waals surface area contributed by atoms with Gasteiger partial charge in [0.15, 0.2) is 0 Å². The fourth-order valence-corrected chi connectivity index (χ4v) is 2.39. The van der Waals surface area contributed by atoms with Crippen LogP contribution in [0.25, 0.3) is 0 Å². The van der Waals surface area contributed by atoms with Gasteiger partial charge in [0.25, 0.3) is 0 Å². The Kier molecular flexibility index (Phi) is 4.55. The Bertz CT molecular complexity index is 568. The maximum Gasteiger partial charge on any atom is 0.106 e. The Morgan fingerprint density at radius 3 is 3.00 bits per heavy atom. The highest BCUT2D eigenvalue weighted by atomic mass is 79.9. The molecule has 100 valence electrons.